The topological polar surface area (TPSA) is 43.4 Å². The molecule has 0 aromatic heterocycles. The molecule has 1 saturated carbocycles. The fourth-order valence-corrected chi connectivity index (χ4v) is 5.27. The van der Waals surface area contributed by atoms with Gasteiger partial charge in [0.15, 0.2) is 5.78 Å². The fourth-order valence-electron chi connectivity index (χ4n) is 5.27. The Morgan fingerprint density at radius 3 is 2.48 bits per heavy atom. The van der Waals surface area contributed by atoms with E-state index in [9.17, 15) is 9.59 Å². The first-order valence-electron chi connectivity index (χ1n) is 11.6. The molecular weight excluding hydrogens is 408 g/mol. The lowest BCUT2D eigenvalue weighted by atomic mass is 9.70. The highest BCUT2D eigenvalue weighted by molar-refractivity contribution is 6.12. The molecule has 0 heterocycles. The van der Waals surface area contributed by atoms with Crippen molar-refractivity contribution in [2.45, 2.75) is 58.3 Å². The van der Waals surface area contributed by atoms with Crippen LogP contribution >= 0.6 is 0 Å². The summed E-state index contributed by atoms with van der Waals surface area (Å²) in [6.45, 7) is 14.6. The second-order valence-electron chi connectivity index (χ2n) is 10.7. The molecule has 0 N–H and O–H groups in total. The van der Waals surface area contributed by atoms with E-state index in [1.165, 1.54) is 5.56 Å². The number of rotatable bonds is 6. The Morgan fingerprint density at radius 2 is 1.88 bits per heavy atom. The van der Waals surface area contributed by atoms with Crippen LogP contribution in [-0.4, -0.2) is 11.6 Å². The number of fused-ring (bicyclic) bond motifs is 1. The van der Waals surface area contributed by atoms with Crippen LogP contribution in [0, 0.1) is 11.3 Å². The van der Waals surface area contributed by atoms with E-state index in [0.29, 0.717) is 6.42 Å². The zero-order valence-corrected chi connectivity index (χ0v) is 19.9. The third kappa shape index (κ3) is 4.65. The first kappa shape index (κ1) is 23.0. The molecule has 170 valence electrons. The molecule has 2 aromatic carbocycles. The molecule has 3 nitrogen and oxygen atoms in total. The number of ether oxygens (including phenoxy) is 1. The molecular formula is C30H32O3. The second kappa shape index (κ2) is 8.65. The van der Waals surface area contributed by atoms with Gasteiger partial charge in [-0.25, -0.2) is 0 Å². The van der Waals surface area contributed by atoms with Crippen LogP contribution < -0.4 is 4.74 Å². The van der Waals surface area contributed by atoms with Gasteiger partial charge >= 0.3 is 0 Å². The summed E-state index contributed by atoms with van der Waals surface area (Å²) >= 11 is 0. The molecule has 0 saturated heterocycles. The van der Waals surface area contributed by atoms with Crippen molar-refractivity contribution in [3.63, 3.8) is 0 Å². The van der Waals surface area contributed by atoms with Crippen molar-refractivity contribution in [2.24, 2.45) is 11.3 Å². The van der Waals surface area contributed by atoms with Crippen LogP contribution in [0.2, 0.25) is 0 Å². The van der Waals surface area contributed by atoms with Crippen molar-refractivity contribution in [1.82, 2.24) is 0 Å². The minimum atomic E-state index is -0.751. The molecule has 4 rings (SSSR count). The smallest absolute Gasteiger partial charge is 0.151 e. The predicted octanol–water partition coefficient (Wildman–Crippen LogP) is 6.62. The Balaban J connectivity index is 1.58. The van der Waals surface area contributed by atoms with E-state index in [2.05, 4.69) is 51.8 Å². The summed E-state index contributed by atoms with van der Waals surface area (Å²) in [7, 11) is 0. The molecule has 0 amide bonds. The molecule has 2 aliphatic rings. The number of benzene rings is 2. The largest absolute Gasteiger partial charge is 0.453 e. The number of hydrogen-bond acceptors (Lipinski definition) is 3. The van der Waals surface area contributed by atoms with Gasteiger partial charge in [0.25, 0.3) is 0 Å². The van der Waals surface area contributed by atoms with Gasteiger partial charge in [0.2, 0.25) is 0 Å². The van der Waals surface area contributed by atoms with Crippen molar-refractivity contribution in [1.29, 1.82) is 0 Å². The molecule has 33 heavy (non-hydrogen) atoms. The van der Waals surface area contributed by atoms with Gasteiger partial charge in [0.1, 0.15) is 17.3 Å². The van der Waals surface area contributed by atoms with Crippen LogP contribution in [0.15, 0.2) is 73.2 Å². The monoisotopic (exact) mass is 440 g/mol. The second-order valence-corrected chi connectivity index (χ2v) is 10.7. The summed E-state index contributed by atoms with van der Waals surface area (Å²) in [4.78, 5) is 25.4. The van der Waals surface area contributed by atoms with Gasteiger partial charge in [0.05, 0.1) is 11.8 Å². The van der Waals surface area contributed by atoms with Crippen LogP contribution in [0.5, 0.6) is 5.75 Å². The SMILES string of the molecule is C=C=C(CC(C)(C)C)Oc1ccc2c(c1)CC(CC1(c3ccccc3)CC(=O)CC1=O)C2=C. The highest BCUT2D eigenvalue weighted by atomic mass is 16.5. The Hall–Kier alpha value is -3.16. The van der Waals surface area contributed by atoms with E-state index in [0.717, 1.165) is 41.1 Å². The lowest BCUT2D eigenvalue weighted by Crippen LogP contribution is -2.33. The van der Waals surface area contributed by atoms with Crippen LogP contribution in [0.4, 0.5) is 0 Å². The lowest BCUT2D eigenvalue weighted by molar-refractivity contribution is -0.123. The van der Waals surface area contributed by atoms with Crippen molar-refractivity contribution in [3.8, 4) is 5.75 Å². The third-order valence-corrected chi connectivity index (χ3v) is 6.82. The highest BCUT2D eigenvalue weighted by Crippen LogP contribution is 2.48. The molecule has 2 unspecified atom stereocenters. The number of Topliss-reactive ketones (excluding diaryl/α,β-unsaturated/α-hetero) is 2. The maximum atomic E-state index is 13.1. The maximum Gasteiger partial charge on any atom is 0.151 e. The normalized spacial score (nSPS) is 22.3. The fraction of sp³-hybridized carbons (Fsp3) is 0.367. The molecule has 2 aromatic rings. The molecule has 0 bridgehead atoms. The minimum Gasteiger partial charge on any atom is -0.453 e. The lowest BCUT2D eigenvalue weighted by Gasteiger charge is -2.30. The van der Waals surface area contributed by atoms with Crippen LogP contribution in [0.1, 0.15) is 63.1 Å². The molecule has 0 radical (unpaired) electrons. The van der Waals surface area contributed by atoms with Gasteiger partial charge in [-0.15, -0.1) is 0 Å². The minimum absolute atomic E-state index is 0.0308. The quantitative estimate of drug-likeness (QED) is 0.288. The predicted molar refractivity (Wildman–Crippen MR) is 132 cm³/mol. The highest BCUT2D eigenvalue weighted by Gasteiger charge is 2.49. The Kier molecular flexibility index (Phi) is 6.03. The molecule has 1 fully saturated rings. The van der Waals surface area contributed by atoms with E-state index in [-0.39, 0.29) is 35.7 Å². The summed E-state index contributed by atoms with van der Waals surface area (Å²) < 4.78 is 6.10. The first-order chi connectivity index (χ1) is 15.6. The first-order valence-corrected chi connectivity index (χ1v) is 11.6. The number of ketones is 2. The van der Waals surface area contributed by atoms with E-state index in [1.54, 1.807) is 0 Å². The zero-order chi connectivity index (χ0) is 23.8. The van der Waals surface area contributed by atoms with Gasteiger partial charge in [-0.05, 0) is 58.6 Å². The van der Waals surface area contributed by atoms with E-state index in [4.69, 9.17) is 4.74 Å². The van der Waals surface area contributed by atoms with Gasteiger partial charge < -0.3 is 4.74 Å². The number of allylic oxidation sites excluding steroid dienone is 2. The Morgan fingerprint density at radius 1 is 1.15 bits per heavy atom. The van der Waals surface area contributed by atoms with E-state index >= 15 is 0 Å². The molecule has 3 heteroatoms. The number of carbonyl (C=O) groups excluding carboxylic acids is 2. The number of carbonyl (C=O) groups is 2. The molecule has 2 atom stereocenters. The summed E-state index contributed by atoms with van der Waals surface area (Å²) in [6.07, 6.45) is 2.45. The maximum absolute atomic E-state index is 13.1. The van der Waals surface area contributed by atoms with E-state index < -0.39 is 5.41 Å². The standard InChI is InChI=1S/C30H32O3/c1-6-25(19-29(3,4)5)33-26-12-13-27-20(2)22(14-21(27)15-26)17-30(18-24(31)16-28(30)32)23-10-8-7-9-11-23/h7-13,15,22H,1-2,14,16-19H2,3-5H3. The summed E-state index contributed by atoms with van der Waals surface area (Å²) in [5.74, 6) is 1.67. The van der Waals surface area contributed by atoms with Crippen molar-refractivity contribution < 1.29 is 14.3 Å². The van der Waals surface area contributed by atoms with Gasteiger partial charge in [-0.2, -0.15) is 0 Å². The van der Waals surface area contributed by atoms with Gasteiger partial charge in [0, 0.05) is 12.8 Å². The molecule has 0 aliphatic heterocycles. The Labute approximate surface area is 196 Å². The van der Waals surface area contributed by atoms with Crippen LogP contribution in [-0.2, 0) is 21.4 Å². The number of hydrogen-bond donors (Lipinski definition) is 0. The van der Waals surface area contributed by atoms with Crippen molar-refractivity contribution in [2.75, 3.05) is 0 Å². The summed E-state index contributed by atoms with van der Waals surface area (Å²) in [5, 5.41) is 0. The van der Waals surface area contributed by atoms with E-state index in [1.807, 2.05) is 36.4 Å². The summed E-state index contributed by atoms with van der Waals surface area (Å²) in [6, 6.07) is 15.9. The van der Waals surface area contributed by atoms with Crippen molar-refractivity contribution in [3.05, 3.63) is 89.9 Å². The summed E-state index contributed by atoms with van der Waals surface area (Å²) in [5.41, 5.74) is 6.52. The average Bonchev–Trinajstić information content (AvgIpc) is 3.22. The molecule has 0 spiro atoms. The molecule has 2 aliphatic carbocycles. The van der Waals surface area contributed by atoms with Gasteiger partial charge in [-0.1, -0.05) is 76.1 Å². The van der Waals surface area contributed by atoms with Crippen LogP contribution in [0.25, 0.3) is 5.57 Å². The van der Waals surface area contributed by atoms with Crippen molar-refractivity contribution >= 4 is 17.1 Å². The third-order valence-electron chi connectivity index (χ3n) is 6.82. The average molecular weight is 441 g/mol. The van der Waals surface area contributed by atoms with Crippen LogP contribution in [0.3, 0.4) is 0 Å². The Bertz CT molecular complexity index is 1160. The zero-order valence-electron chi connectivity index (χ0n) is 19.9. The van der Waals surface area contributed by atoms with Gasteiger partial charge in [-0.3, -0.25) is 9.59 Å².